The fourth-order valence-electron chi connectivity index (χ4n) is 6.66. The number of aliphatic hydroxyl groups is 1. The molecule has 2 aromatic heterocycles. The van der Waals surface area contributed by atoms with Crippen LogP contribution in [0.4, 0.5) is 13.2 Å². The number of β-amino-alcohol motifs (C(OH)–C–C–N with tert-alkyl or cyclic N) is 1. The van der Waals surface area contributed by atoms with Crippen LogP contribution in [0.2, 0.25) is 0 Å². The van der Waals surface area contributed by atoms with Gasteiger partial charge in [0.25, 0.3) is 0 Å². The molecule has 3 aromatic rings. The average molecular weight is 714 g/mol. The van der Waals surface area contributed by atoms with Crippen molar-refractivity contribution in [3.8, 4) is 11.3 Å². The van der Waals surface area contributed by atoms with E-state index in [2.05, 4.69) is 19.9 Å². The van der Waals surface area contributed by atoms with Crippen LogP contribution in [0.5, 0.6) is 0 Å². The SMILES string of the molecule is Cc1noc(C2CCN(CC(O)Cn3nc(-c4ccc(C(F)(F)F)c(SCCN5CCOCC5)c4)c4c3CCN(S(C)(=O)=O)C4)CC2)n1. The highest BCUT2D eigenvalue weighted by atomic mass is 32.2. The number of thioether (sulfide) groups is 1. The van der Waals surface area contributed by atoms with Gasteiger partial charge < -0.3 is 19.3 Å². The first-order valence-corrected chi connectivity index (χ1v) is 19.1. The molecular formula is C31H42F3N7O5S2. The summed E-state index contributed by atoms with van der Waals surface area (Å²) < 4.78 is 81.1. The summed E-state index contributed by atoms with van der Waals surface area (Å²) in [4.78, 5) is 8.82. The van der Waals surface area contributed by atoms with Gasteiger partial charge in [0.2, 0.25) is 15.9 Å². The zero-order valence-electron chi connectivity index (χ0n) is 27.2. The minimum Gasteiger partial charge on any atom is -0.390 e. The molecule has 264 valence electrons. The first-order chi connectivity index (χ1) is 22.8. The first kappa shape index (κ1) is 35.3. The lowest BCUT2D eigenvalue weighted by Gasteiger charge is -2.32. The zero-order valence-corrected chi connectivity index (χ0v) is 28.8. The van der Waals surface area contributed by atoms with E-state index in [1.165, 1.54) is 16.4 Å². The van der Waals surface area contributed by atoms with Crippen LogP contribution in [-0.4, -0.2) is 125 Å². The van der Waals surface area contributed by atoms with Gasteiger partial charge in [-0.1, -0.05) is 11.2 Å². The number of rotatable bonds is 11. The topological polar surface area (TPSA) is 130 Å². The fraction of sp³-hybridized carbons (Fsp3) is 0.645. The number of fused-ring (bicyclic) bond motifs is 1. The van der Waals surface area contributed by atoms with Gasteiger partial charge in [0.1, 0.15) is 0 Å². The minimum absolute atomic E-state index is 0.0583. The van der Waals surface area contributed by atoms with Crippen molar-refractivity contribution in [3.05, 3.63) is 46.7 Å². The predicted octanol–water partition coefficient (Wildman–Crippen LogP) is 3.24. The number of morpholine rings is 1. The molecule has 1 atom stereocenters. The summed E-state index contributed by atoms with van der Waals surface area (Å²) in [5.74, 6) is 1.91. The summed E-state index contributed by atoms with van der Waals surface area (Å²) in [7, 11) is -3.52. The molecule has 12 nitrogen and oxygen atoms in total. The van der Waals surface area contributed by atoms with E-state index in [1.807, 2.05) is 0 Å². The van der Waals surface area contributed by atoms with Crippen molar-refractivity contribution in [2.24, 2.45) is 0 Å². The largest absolute Gasteiger partial charge is 0.417 e. The van der Waals surface area contributed by atoms with Crippen LogP contribution >= 0.6 is 11.8 Å². The Kier molecular flexibility index (Phi) is 10.8. The lowest BCUT2D eigenvalue weighted by Crippen LogP contribution is -2.40. The summed E-state index contributed by atoms with van der Waals surface area (Å²) in [5.41, 5.74) is 1.65. The molecule has 0 saturated carbocycles. The second-order valence-corrected chi connectivity index (χ2v) is 15.8. The average Bonchev–Trinajstić information content (AvgIpc) is 3.64. The van der Waals surface area contributed by atoms with E-state index in [9.17, 15) is 26.7 Å². The Morgan fingerprint density at radius 3 is 2.50 bits per heavy atom. The highest BCUT2D eigenvalue weighted by Crippen LogP contribution is 2.40. The van der Waals surface area contributed by atoms with Crippen LogP contribution in [0.1, 0.15) is 47.3 Å². The molecule has 0 spiro atoms. The summed E-state index contributed by atoms with van der Waals surface area (Å²) in [6, 6.07) is 4.01. The Balaban J connectivity index is 1.21. The first-order valence-electron chi connectivity index (χ1n) is 16.2. The molecule has 5 heterocycles. The van der Waals surface area contributed by atoms with Crippen molar-refractivity contribution in [3.63, 3.8) is 0 Å². The third kappa shape index (κ3) is 8.42. The van der Waals surface area contributed by atoms with Gasteiger partial charge in [0, 0.05) is 79.1 Å². The van der Waals surface area contributed by atoms with Crippen LogP contribution in [0.25, 0.3) is 11.3 Å². The number of aliphatic hydroxyl groups excluding tert-OH is 1. The third-order valence-corrected chi connectivity index (χ3v) is 11.5. The Morgan fingerprint density at radius 1 is 1.08 bits per heavy atom. The highest BCUT2D eigenvalue weighted by Gasteiger charge is 2.35. The van der Waals surface area contributed by atoms with Gasteiger partial charge in [0.05, 0.1) is 43.4 Å². The molecule has 17 heteroatoms. The van der Waals surface area contributed by atoms with Gasteiger partial charge in [0.15, 0.2) is 5.82 Å². The maximum atomic E-state index is 14.1. The molecule has 1 N–H and O–H groups in total. The van der Waals surface area contributed by atoms with E-state index >= 15 is 0 Å². The number of nitrogens with zero attached hydrogens (tertiary/aromatic N) is 7. The molecular weight excluding hydrogens is 672 g/mol. The number of piperidine rings is 1. The van der Waals surface area contributed by atoms with Gasteiger partial charge in [-0.25, -0.2) is 8.42 Å². The number of halogens is 3. The van der Waals surface area contributed by atoms with Crippen molar-refractivity contribution < 1.29 is 36.0 Å². The van der Waals surface area contributed by atoms with Gasteiger partial charge >= 0.3 is 6.18 Å². The number of likely N-dealkylation sites (tertiary alicyclic amines) is 1. The number of ether oxygens (including phenoxy) is 1. The highest BCUT2D eigenvalue weighted by molar-refractivity contribution is 7.99. The second kappa shape index (κ2) is 14.7. The predicted molar refractivity (Wildman–Crippen MR) is 173 cm³/mol. The molecule has 1 aromatic carbocycles. The fourth-order valence-corrected chi connectivity index (χ4v) is 8.57. The summed E-state index contributed by atoms with van der Waals surface area (Å²) in [6.45, 7) is 7.56. The van der Waals surface area contributed by atoms with E-state index in [0.717, 1.165) is 68.8 Å². The van der Waals surface area contributed by atoms with E-state index in [-0.39, 0.29) is 30.4 Å². The molecule has 6 rings (SSSR count). The van der Waals surface area contributed by atoms with Crippen molar-refractivity contribution in [1.82, 2.24) is 34.0 Å². The molecule has 1 unspecified atom stereocenters. The molecule has 0 amide bonds. The van der Waals surface area contributed by atoms with Crippen LogP contribution in [0.15, 0.2) is 27.6 Å². The molecule has 48 heavy (non-hydrogen) atoms. The van der Waals surface area contributed by atoms with Gasteiger partial charge in [-0.3, -0.25) is 9.58 Å². The van der Waals surface area contributed by atoms with Crippen molar-refractivity contribution in [2.75, 3.05) is 71.0 Å². The van der Waals surface area contributed by atoms with Crippen molar-refractivity contribution in [2.45, 2.75) is 62.4 Å². The Labute approximate surface area is 282 Å². The molecule has 3 aliphatic rings. The van der Waals surface area contributed by atoms with Crippen molar-refractivity contribution >= 4 is 21.8 Å². The Hall–Kier alpha value is -2.54. The van der Waals surface area contributed by atoms with E-state index in [0.29, 0.717) is 67.0 Å². The zero-order chi connectivity index (χ0) is 34.1. The number of alkyl halides is 3. The molecule has 2 fully saturated rings. The van der Waals surface area contributed by atoms with Gasteiger partial charge in [-0.2, -0.15) is 27.6 Å². The van der Waals surface area contributed by atoms with E-state index in [4.69, 9.17) is 14.4 Å². The molecule has 0 radical (unpaired) electrons. The maximum Gasteiger partial charge on any atom is 0.417 e. The molecule has 3 aliphatic heterocycles. The number of aryl methyl sites for hydroxylation is 1. The van der Waals surface area contributed by atoms with Gasteiger partial charge in [-0.15, -0.1) is 11.8 Å². The number of aromatic nitrogens is 4. The maximum absolute atomic E-state index is 14.1. The van der Waals surface area contributed by atoms with Crippen LogP contribution < -0.4 is 0 Å². The quantitative estimate of drug-likeness (QED) is 0.294. The normalized spacial score (nSPS) is 19.9. The molecule has 0 aliphatic carbocycles. The van der Waals surface area contributed by atoms with Gasteiger partial charge in [-0.05, 0) is 45.0 Å². The summed E-state index contributed by atoms with van der Waals surface area (Å²) in [6.07, 6.45) is -2.12. The standard InChI is InChI=1S/C31H42F3N7O5S2/c1-21-35-30(46-37-21)22-5-8-39(9-6-22)18-24(42)19-41-27-7-10-40(48(2,43)44)20-25(27)29(36-41)23-3-4-26(31(32,33)34)28(17-23)47-16-13-38-11-14-45-15-12-38/h3-4,17,22,24,42H,5-16,18-20H2,1-2H3. The number of hydrogen-bond acceptors (Lipinski definition) is 11. The van der Waals surface area contributed by atoms with Crippen molar-refractivity contribution in [1.29, 1.82) is 0 Å². The summed E-state index contributed by atoms with van der Waals surface area (Å²) in [5, 5.41) is 19.9. The lowest BCUT2D eigenvalue weighted by molar-refractivity contribution is -0.139. The smallest absolute Gasteiger partial charge is 0.390 e. The second-order valence-electron chi connectivity index (χ2n) is 12.7. The van der Waals surface area contributed by atoms with E-state index < -0.39 is 27.9 Å². The minimum atomic E-state index is -4.53. The Bertz CT molecular complexity index is 1670. The number of sulfonamides is 1. The van der Waals surface area contributed by atoms with Crippen LogP contribution in [0, 0.1) is 6.92 Å². The Morgan fingerprint density at radius 2 is 1.83 bits per heavy atom. The van der Waals surface area contributed by atoms with Crippen LogP contribution in [0.3, 0.4) is 0 Å². The number of hydrogen-bond donors (Lipinski definition) is 1. The number of benzene rings is 1. The lowest BCUT2D eigenvalue weighted by atomic mass is 9.96. The van der Waals surface area contributed by atoms with Crippen LogP contribution in [-0.2, 0) is 40.4 Å². The summed E-state index contributed by atoms with van der Waals surface area (Å²) >= 11 is 1.15. The molecule has 0 bridgehead atoms. The molecule has 2 saturated heterocycles. The van der Waals surface area contributed by atoms with E-state index in [1.54, 1.807) is 11.6 Å². The monoisotopic (exact) mass is 713 g/mol. The third-order valence-electron chi connectivity index (χ3n) is 9.23.